The van der Waals surface area contributed by atoms with Crippen LogP contribution in [0.4, 0.5) is 0 Å². The summed E-state index contributed by atoms with van der Waals surface area (Å²) in [5.74, 6) is -0.778. The lowest BCUT2D eigenvalue weighted by molar-refractivity contribution is -0.164. The molecule has 0 fully saturated rings. The molecule has 0 amide bonds. The Morgan fingerprint density at radius 1 is 1.18 bits per heavy atom. The van der Waals surface area contributed by atoms with Gasteiger partial charge in [0.1, 0.15) is 17.5 Å². The summed E-state index contributed by atoms with van der Waals surface area (Å²) in [7, 11) is 0. The SMILES string of the molecule is CC(C)(C)OC(=O)[C@@H](Cc1ccccc1)[C@H](O)c1ccco1. The smallest absolute Gasteiger partial charge is 0.312 e. The highest BCUT2D eigenvalue weighted by atomic mass is 16.6. The van der Waals surface area contributed by atoms with Crippen LogP contribution in [0.15, 0.2) is 53.1 Å². The third-order valence-electron chi connectivity index (χ3n) is 3.22. The molecule has 1 N–H and O–H groups in total. The normalized spacial score (nSPS) is 14.4. The Labute approximate surface area is 130 Å². The van der Waals surface area contributed by atoms with Crippen molar-refractivity contribution >= 4 is 5.97 Å². The summed E-state index contributed by atoms with van der Waals surface area (Å²) in [5.41, 5.74) is 0.360. The summed E-state index contributed by atoms with van der Waals surface area (Å²) in [6.07, 6.45) is 0.829. The molecule has 0 saturated heterocycles. The van der Waals surface area contributed by atoms with E-state index in [-0.39, 0.29) is 0 Å². The molecular formula is C18H22O4. The summed E-state index contributed by atoms with van der Waals surface area (Å²) < 4.78 is 10.7. The van der Waals surface area contributed by atoms with Crippen LogP contribution >= 0.6 is 0 Å². The number of hydrogen-bond acceptors (Lipinski definition) is 4. The molecule has 0 aliphatic heterocycles. The second-order valence-electron chi connectivity index (χ2n) is 6.29. The monoisotopic (exact) mass is 302 g/mol. The molecular weight excluding hydrogens is 280 g/mol. The Hall–Kier alpha value is -2.07. The number of esters is 1. The van der Waals surface area contributed by atoms with Gasteiger partial charge in [0, 0.05) is 0 Å². The summed E-state index contributed by atoms with van der Waals surface area (Å²) in [5, 5.41) is 10.5. The van der Waals surface area contributed by atoms with Crippen LogP contribution in [0.5, 0.6) is 0 Å². The van der Waals surface area contributed by atoms with Crippen LogP contribution in [0, 0.1) is 5.92 Å². The van der Waals surface area contributed by atoms with E-state index in [0.29, 0.717) is 12.2 Å². The fraction of sp³-hybridized carbons (Fsp3) is 0.389. The number of carbonyl (C=O) groups excluding carboxylic acids is 1. The van der Waals surface area contributed by atoms with Crippen molar-refractivity contribution in [2.45, 2.75) is 38.9 Å². The second kappa shape index (κ2) is 6.79. The van der Waals surface area contributed by atoms with E-state index >= 15 is 0 Å². The van der Waals surface area contributed by atoms with E-state index in [2.05, 4.69) is 0 Å². The highest BCUT2D eigenvalue weighted by Gasteiger charge is 2.33. The van der Waals surface area contributed by atoms with E-state index in [9.17, 15) is 9.90 Å². The van der Waals surface area contributed by atoms with Crippen LogP contribution in [-0.4, -0.2) is 16.7 Å². The van der Waals surface area contributed by atoms with Gasteiger partial charge in [-0.05, 0) is 44.9 Å². The molecule has 1 aromatic carbocycles. The lowest BCUT2D eigenvalue weighted by Crippen LogP contribution is -2.33. The predicted molar refractivity (Wildman–Crippen MR) is 83.1 cm³/mol. The number of benzene rings is 1. The van der Waals surface area contributed by atoms with E-state index in [1.54, 1.807) is 12.1 Å². The molecule has 1 aromatic heterocycles. The van der Waals surface area contributed by atoms with Crippen LogP contribution in [0.1, 0.15) is 38.2 Å². The zero-order chi connectivity index (χ0) is 16.2. The third-order valence-corrected chi connectivity index (χ3v) is 3.22. The average Bonchev–Trinajstić information content (AvgIpc) is 2.97. The van der Waals surface area contributed by atoms with Crippen LogP contribution < -0.4 is 0 Å². The minimum Gasteiger partial charge on any atom is -0.467 e. The molecule has 118 valence electrons. The summed E-state index contributed by atoms with van der Waals surface area (Å²) in [4.78, 5) is 12.5. The van der Waals surface area contributed by atoms with E-state index < -0.39 is 23.6 Å². The lowest BCUT2D eigenvalue weighted by Gasteiger charge is -2.26. The second-order valence-corrected chi connectivity index (χ2v) is 6.29. The Morgan fingerprint density at radius 3 is 2.41 bits per heavy atom. The average molecular weight is 302 g/mol. The van der Waals surface area contributed by atoms with Gasteiger partial charge in [-0.2, -0.15) is 0 Å². The van der Waals surface area contributed by atoms with Crippen molar-refractivity contribution in [3.05, 3.63) is 60.1 Å². The van der Waals surface area contributed by atoms with Crippen LogP contribution in [0.2, 0.25) is 0 Å². The number of rotatable bonds is 5. The van der Waals surface area contributed by atoms with Gasteiger partial charge >= 0.3 is 5.97 Å². The number of furan rings is 1. The molecule has 0 bridgehead atoms. The first-order valence-electron chi connectivity index (χ1n) is 7.35. The van der Waals surface area contributed by atoms with Gasteiger partial charge in [0.15, 0.2) is 0 Å². The van der Waals surface area contributed by atoms with Gasteiger partial charge in [-0.3, -0.25) is 4.79 Å². The molecule has 0 aliphatic carbocycles. The van der Waals surface area contributed by atoms with Gasteiger partial charge in [0.25, 0.3) is 0 Å². The van der Waals surface area contributed by atoms with Crippen molar-refractivity contribution in [3.8, 4) is 0 Å². The van der Waals surface area contributed by atoms with E-state index in [4.69, 9.17) is 9.15 Å². The van der Waals surface area contributed by atoms with Gasteiger partial charge in [-0.25, -0.2) is 0 Å². The summed E-state index contributed by atoms with van der Waals surface area (Å²) in [6, 6.07) is 12.9. The van der Waals surface area contributed by atoms with Crippen molar-refractivity contribution in [2.24, 2.45) is 5.92 Å². The molecule has 1 heterocycles. The highest BCUT2D eigenvalue weighted by molar-refractivity contribution is 5.74. The predicted octanol–water partition coefficient (Wildman–Crippen LogP) is 3.51. The van der Waals surface area contributed by atoms with Crippen molar-refractivity contribution in [3.63, 3.8) is 0 Å². The molecule has 4 nitrogen and oxygen atoms in total. The van der Waals surface area contributed by atoms with E-state index in [0.717, 1.165) is 5.56 Å². The third kappa shape index (κ3) is 4.46. The van der Waals surface area contributed by atoms with Crippen molar-refractivity contribution in [1.82, 2.24) is 0 Å². The maximum absolute atomic E-state index is 12.5. The number of hydrogen-bond donors (Lipinski definition) is 1. The van der Waals surface area contributed by atoms with Crippen LogP contribution in [0.25, 0.3) is 0 Å². The Balaban J connectivity index is 2.22. The minimum absolute atomic E-state index is 0.367. The molecule has 0 unspecified atom stereocenters. The first-order chi connectivity index (χ1) is 10.4. The molecule has 2 atom stereocenters. The first kappa shape index (κ1) is 16.3. The van der Waals surface area contributed by atoms with E-state index in [1.165, 1.54) is 6.26 Å². The minimum atomic E-state index is -1.04. The number of ether oxygens (including phenoxy) is 1. The molecule has 0 radical (unpaired) electrons. The van der Waals surface area contributed by atoms with Crippen molar-refractivity contribution in [2.75, 3.05) is 0 Å². The van der Waals surface area contributed by atoms with Gasteiger partial charge < -0.3 is 14.3 Å². The Morgan fingerprint density at radius 2 is 1.86 bits per heavy atom. The summed E-state index contributed by atoms with van der Waals surface area (Å²) in [6.45, 7) is 5.43. The zero-order valence-electron chi connectivity index (χ0n) is 13.2. The molecule has 0 aliphatic rings. The van der Waals surface area contributed by atoms with Crippen molar-refractivity contribution in [1.29, 1.82) is 0 Å². The summed E-state index contributed by atoms with van der Waals surface area (Å²) >= 11 is 0. The van der Waals surface area contributed by atoms with Gasteiger partial charge in [-0.15, -0.1) is 0 Å². The maximum atomic E-state index is 12.5. The highest BCUT2D eigenvalue weighted by Crippen LogP contribution is 2.28. The number of aliphatic hydroxyl groups excluding tert-OH is 1. The molecule has 2 rings (SSSR count). The zero-order valence-corrected chi connectivity index (χ0v) is 13.2. The molecule has 0 saturated carbocycles. The van der Waals surface area contributed by atoms with Crippen LogP contribution in [0.3, 0.4) is 0 Å². The lowest BCUT2D eigenvalue weighted by atomic mass is 9.92. The van der Waals surface area contributed by atoms with E-state index in [1.807, 2.05) is 51.1 Å². The van der Waals surface area contributed by atoms with Gasteiger partial charge in [-0.1, -0.05) is 30.3 Å². The standard InChI is InChI=1S/C18H22O4/c1-18(2,3)22-17(20)14(12-13-8-5-4-6-9-13)16(19)15-10-7-11-21-15/h4-11,14,16,19H,12H2,1-3H3/t14-,16-/m0/s1. The number of carbonyl (C=O) groups is 1. The van der Waals surface area contributed by atoms with Crippen LogP contribution in [-0.2, 0) is 16.0 Å². The Kier molecular flexibility index (Phi) is 5.03. The molecule has 4 heteroatoms. The fourth-order valence-electron chi connectivity index (χ4n) is 2.23. The van der Waals surface area contributed by atoms with Gasteiger partial charge in [0.05, 0.1) is 12.2 Å². The van der Waals surface area contributed by atoms with Crippen molar-refractivity contribution < 1.29 is 19.1 Å². The molecule has 22 heavy (non-hydrogen) atoms. The maximum Gasteiger partial charge on any atom is 0.312 e. The first-order valence-corrected chi connectivity index (χ1v) is 7.35. The molecule has 2 aromatic rings. The fourth-order valence-corrected chi connectivity index (χ4v) is 2.23. The quantitative estimate of drug-likeness (QED) is 0.859. The molecule has 0 spiro atoms. The largest absolute Gasteiger partial charge is 0.467 e. The van der Waals surface area contributed by atoms with Gasteiger partial charge in [0.2, 0.25) is 0 Å². The number of aliphatic hydroxyl groups is 1. The topological polar surface area (TPSA) is 59.7 Å². The Bertz CT molecular complexity index is 581.